The van der Waals surface area contributed by atoms with Crippen molar-refractivity contribution in [1.29, 1.82) is 0 Å². The molecule has 0 fully saturated rings. The molecule has 0 aromatic rings. The van der Waals surface area contributed by atoms with Crippen molar-refractivity contribution in [2.24, 2.45) is 0 Å². The van der Waals surface area contributed by atoms with Crippen LogP contribution < -0.4 is 0 Å². The van der Waals surface area contributed by atoms with Gasteiger partial charge in [-0.1, -0.05) is 238 Å². The van der Waals surface area contributed by atoms with Gasteiger partial charge in [-0.3, -0.25) is 14.4 Å². The van der Waals surface area contributed by atoms with Gasteiger partial charge in [-0.25, -0.2) is 0 Å². The normalized spacial score (nSPS) is 13.1. The lowest BCUT2D eigenvalue weighted by atomic mass is 10.0. The fourth-order valence-corrected chi connectivity index (χ4v) is 7.42. The minimum Gasteiger partial charge on any atom is -0.462 e. The van der Waals surface area contributed by atoms with Crippen LogP contribution in [0.1, 0.15) is 239 Å². The Morgan fingerprint density at radius 3 is 0.958 bits per heavy atom. The highest BCUT2D eigenvalue weighted by molar-refractivity contribution is 5.72. The molecule has 0 amide bonds. The van der Waals surface area contributed by atoms with Crippen molar-refractivity contribution in [1.82, 2.24) is 0 Å². The van der Waals surface area contributed by atoms with Crippen LogP contribution in [0.4, 0.5) is 0 Å². The summed E-state index contributed by atoms with van der Waals surface area (Å²) in [7, 11) is 0. The average Bonchev–Trinajstić information content (AvgIpc) is 3.37. The van der Waals surface area contributed by atoms with E-state index in [0.717, 1.165) is 89.9 Å². The first kappa shape index (κ1) is 66.6. The number of hydrogen-bond donors (Lipinski definition) is 0. The summed E-state index contributed by atoms with van der Waals surface area (Å²) in [5.41, 5.74) is 0. The lowest BCUT2D eigenvalue weighted by molar-refractivity contribution is -0.166. The van der Waals surface area contributed by atoms with E-state index in [1.807, 2.05) is 6.08 Å². The van der Waals surface area contributed by atoms with E-state index >= 15 is 0 Å². The molecule has 1 unspecified atom stereocenters. The molecule has 400 valence electrons. The molecule has 0 heterocycles. The molecule has 0 rings (SSSR count). The molecule has 0 saturated carbocycles. The van der Waals surface area contributed by atoms with Crippen LogP contribution in [0.3, 0.4) is 0 Å². The summed E-state index contributed by atoms with van der Waals surface area (Å²) in [6.07, 6.45) is 81.9. The molecule has 0 N–H and O–H groups in total. The van der Waals surface area contributed by atoms with Gasteiger partial charge >= 0.3 is 17.9 Å². The van der Waals surface area contributed by atoms with Crippen molar-refractivity contribution in [3.8, 4) is 0 Å². The van der Waals surface area contributed by atoms with E-state index in [1.54, 1.807) is 6.08 Å². The molecule has 6 heteroatoms. The van der Waals surface area contributed by atoms with Crippen LogP contribution in [0.2, 0.25) is 0 Å². The predicted octanol–water partition coefficient (Wildman–Crippen LogP) is 19.4. The van der Waals surface area contributed by atoms with E-state index in [1.165, 1.54) is 96.3 Å². The second-order valence-corrected chi connectivity index (χ2v) is 18.4. The van der Waals surface area contributed by atoms with Crippen molar-refractivity contribution < 1.29 is 28.6 Å². The summed E-state index contributed by atoms with van der Waals surface area (Å²) in [5, 5.41) is 0. The molecular formula is C65H104O6. The van der Waals surface area contributed by atoms with Crippen LogP contribution in [0.15, 0.2) is 134 Å². The smallest absolute Gasteiger partial charge is 0.310 e. The lowest BCUT2D eigenvalue weighted by Gasteiger charge is -2.18. The number of ether oxygens (including phenoxy) is 3. The number of carbonyl (C=O) groups excluding carboxylic acids is 3. The maximum Gasteiger partial charge on any atom is 0.310 e. The second-order valence-electron chi connectivity index (χ2n) is 18.4. The first-order valence-electron chi connectivity index (χ1n) is 28.7. The molecule has 0 saturated heterocycles. The zero-order valence-electron chi connectivity index (χ0n) is 45.7. The predicted molar refractivity (Wildman–Crippen MR) is 306 cm³/mol. The second kappa shape index (κ2) is 58.1. The summed E-state index contributed by atoms with van der Waals surface area (Å²) in [4.78, 5) is 38.1. The van der Waals surface area contributed by atoms with Gasteiger partial charge in [0, 0.05) is 12.8 Å². The molecule has 0 radical (unpaired) electrons. The fraction of sp³-hybridized carbons (Fsp3) is 0.615. The Balaban J connectivity index is 4.49. The summed E-state index contributed by atoms with van der Waals surface area (Å²) in [6.45, 7) is 6.27. The highest BCUT2D eigenvalue weighted by Crippen LogP contribution is 2.14. The average molecular weight is 982 g/mol. The SMILES string of the molecule is CC/C=C\C/C=C\C/C=C\C/C=C\C/C=C\CC(=O)OC(COC(=O)CCCC/C=C\C/C=C\C/C=C\C/C=C\CC)COC(=O)CCCCCCCCCCCCC/C=C\C/C=C\CCCCCCC. The Labute approximate surface area is 436 Å². The molecule has 0 aliphatic rings. The summed E-state index contributed by atoms with van der Waals surface area (Å²) < 4.78 is 16.7. The minimum absolute atomic E-state index is 0.0822. The zero-order valence-corrected chi connectivity index (χ0v) is 45.7. The molecule has 0 aromatic carbocycles. The Morgan fingerprint density at radius 1 is 0.310 bits per heavy atom. The molecule has 0 bridgehead atoms. The molecule has 71 heavy (non-hydrogen) atoms. The summed E-state index contributed by atoms with van der Waals surface area (Å²) in [6, 6.07) is 0. The van der Waals surface area contributed by atoms with Crippen molar-refractivity contribution in [2.45, 2.75) is 245 Å². The largest absolute Gasteiger partial charge is 0.462 e. The number of carbonyl (C=O) groups is 3. The van der Waals surface area contributed by atoms with E-state index in [2.05, 4.69) is 142 Å². The van der Waals surface area contributed by atoms with Gasteiger partial charge in [0.1, 0.15) is 13.2 Å². The zero-order chi connectivity index (χ0) is 51.4. The van der Waals surface area contributed by atoms with Gasteiger partial charge in [-0.15, -0.1) is 0 Å². The number of hydrogen-bond acceptors (Lipinski definition) is 6. The Morgan fingerprint density at radius 2 is 0.592 bits per heavy atom. The number of esters is 3. The third-order valence-electron chi connectivity index (χ3n) is 11.7. The maximum absolute atomic E-state index is 12.8. The minimum atomic E-state index is -0.855. The Bertz CT molecular complexity index is 1550. The van der Waals surface area contributed by atoms with Crippen LogP contribution in [0.5, 0.6) is 0 Å². The number of rotatable bonds is 50. The number of allylic oxidation sites excluding steroid dienone is 21. The molecule has 0 aromatic heterocycles. The van der Waals surface area contributed by atoms with Crippen LogP contribution in [0.25, 0.3) is 0 Å². The number of unbranched alkanes of at least 4 members (excludes halogenated alkanes) is 18. The van der Waals surface area contributed by atoms with Crippen LogP contribution in [0, 0.1) is 0 Å². The third kappa shape index (κ3) is 56.3. The van der Waals surface area contributed by atoms with Gasteiger partial charge in [0.15, 0.2) is 6.10 Å². The van der Waals surface area contributed by atoms with Crippen LogP contribution in [-0.4, -0.2) is 37.2 Å². The van der Waals surface area contributed by atoms with E-state index in [0.29, 0.717) is 19.3 Å². The van der Waals surface area contributed by atoms with Gasteiger partial charge in [0.05, 0.1) is 6.42 Å². The van der Waals surface area contributed by atoms with Crippen molar-refractivity contribution in [2.75, 3.05) is 13.2 Å². The van der Waals surface area contributed by atoms with E-state index in [4.69, 9.17) is 14.2 Å². The fourth-order valence-electron chi connectivity index (χ4n) is 7.42. The first-order valence-corrected chi connectivity index (χ1v) is 28.7. The summed E-state index contributed by atoms with van der Waals surface area (Å²) in [5.74, 6) is -1.12. The van der Waals surface area contributed by atoms with E-state index in [-0.39, 0.29) is 38.0 Å². The van der Waals surface area contributed by atoms with Gasteiger partial charge < -0.3 is 14.2 Å². The standard InChI is InChI=1S/C65H104O6/c1-4-7-10-13-16-19-22-25-28-29-30-31-32-33-34-35-38-40-43-46-49-52-55-58-64(67)70-61-62(71-65(68)59-56-53-50-47-44-41-37-27-24-21-18-15-12-9-6-3)60-69-63(66)57-54-51-48-45-42-39-36-26-23-20-17-14-11-8-5-2/h8-9,11-12,17-18,20-22,25-27,29-30,36-37,42,44-45,47,53,56,62H,4-7,10,13-16,19,23-24,28,31-35,38-41,43,46,48-52,54-55,57-61H2,1-3H3/b11-8-,12-9-,20-17-,21-18-,25-22-,30-29-,36-26-,37-27-,45-42-,47-44-,56-53-. The van der Waals surface area contributed by atoms with Crippen LogP contribution in [-0.2, 0) is 28.6 Å². The molecule has 0 aliphatic carbocycles. The monoisotopic (exact) mass is 981 g/mol. The quantitative estimate of drug-likeness (QED) is 0.0262. The van der Waals surface area contributed by atoms with Gasteiger partial charge in [-0.05, 0) is 116 Å². The molecule has 0 spiro atoms. The van der Waals surface area contributed by atoms with Crippen LogP contribution >= 0.6 is 0 Å². The van der Waals surface area contributed by atoms with Gasteiger partial charge in [0.25, 0.3) is 0 Å². The van der Waals surface area contributed by atoms with Gasteiger partial charge in [0.2, 0.25) is 0 Å². The maximum atomic E-state index is 12.8. The third-order valence-corrected chi connectivity index (χ3v) is 11.7. The first-order chi connectivity index (χ1) is 35.0. The van der Waals surface area contributed by atoms with Gasteiger partial charge in [-0.2, -0.15) is 0 Å². The van der Waals surface area contributed by atoms with Crippen molar-refractivity contribution >= 4 is 17.9 Å². The van der Waals surface area contributed by atoms with Crippen molar-refractivity contribution in [3.63, 3.8) is 0 Å². The highest BCUT2D eigenvalue weighted by Gasteiger charge is 2.19. The Hall–Kier alpha value is -4.45. The lowest BCUT2D eigenvalue weighted by Crippen LogP contribution is -2.30. The van der Waals surface area contributed by atoms with E-state index in [9.17, 15) is 14.4 Å². The van der Waals surface area contributed by atoms with Crippen molar-refractivity contribution in [3.05, 3.63) is 134 Å². The molecule has 1 atom stereocenters. The topological polar surface area (TPSA) is 78.9 Å². The highest BCUT2D eigenvalue weighted by atomic mass is 16.6. The molecule has 0 aliphatic heterocycles. The molecule has 6 nitrogen and oxygen atoms in total. The summed E-state index contributed by atoms with van der Waals surface area (Å²) >= 11 is 0. The Kier molecular flexibility index (Phi) is 54.5. The molecular weight excluding hydrogens is 877 g/mol. The van der Waals surface area contributed by atoms with E-state index < -0.39 is 12.1 Å².